The number of hydrogen-bond acceptors (Lipinski definition) is 4. The van der Waals surface area contributed by atoms with Crippen molar-refractivity contribution in [3.05, 3.63) is 69.8 Å². The summed E-state index contributed by atoms with van der Waals surface area (Å²) in [7, 11) is 0. The second-order valence-corrected chi connectivity index (χ2v) is 9.28. The molecule has 2 atom stereocenters. The number of rotatable bonds is 2. The molecule has 1 saturated heterocycles. The lowest BCUT2D eigenvalue weighted by Crippen LogP contribution is -2.49. The largest absolute Gasteiger partial charge is 0.369 e. The van der Waals surface area contributed by atoms with Gasteiger partial charge < -0.3 is 4.90 Å². The molecular weight excluding hydrogens is 424 g/mol. The normalized spacial score (nSPS) is 21.9. The van der Waals surface area contributed by atoms with Crippen molar-refractivity contribution in [3.8, 4) is 6.07 Å². The van der Waals surface area contributed by atoms with E-state index in [1.54, 1.807) is 6.20 Å². The predicted molar refractivity (Wildman–Crippen MR) is 120 cm³/mol. The van der Waals surface area contributed by atoms with Crippen LogP contribution in [-0.2, 0) is 13.1 Å². The van der Waals surface area contributed by atoms with Gasteiger partial charge in [-0.2, -0.15) is 5.26 Å². The van der Waals surface area contributed by atoms with Crippen LogP contribution in [0.2, 0.25) is 0 Å². The van der Waals surface area contributed by atoms with E-state index in [0.717, 1.165) is 41.6 Å². The lowest BCUT2D eigenvalue weighted by molar-refractivity contribution is 0.157. The van der Waals surface area contributed by atoms with Crippen molar-refractivity contribution in [2.24, 2.45) is 5.92 Å². The molecule has 0 N–H and O–H groups in total. The standard InChI is InChI=1S/C24H23BrN4/c1-16-9-21(28-13-18-4-6-20(25)10-19(18)14-28)15-29(12-16)23-7-5-17(11-26)24-22(23)3-2-8-27-24/h2-8,10,16,21H,9,12-15H2,1H3/t16-,21+/m0/s1. The molecule has 29 heavy (non-hydrogen) atoms. The Morgan fingerprint density at radius 1 is 1.10 bits per heavy atom. The van der Waals surface area contributed by atoms with Gasteiger partial charge in [0.15, 0.2) is 0 Å². The highest BCUT2D eigenvalue weighted by atomic mass is 79.9. The number of benzene rings is 2. The van der Waals surface area contributed by atoms with Gasteiger partial charge in [-0.05, 0) is 59.9 Å². The molecule has 146 valence electrons. The van der Waals surface area contributed by atoms with Crippen LogP contribution >= 0.6 is 15.9 Å². The van der Waals surface area contributed by atoms with Crippen LogP contribution in [0.1, 0.15) is 30.0 Å². The van der Waals surface area contributed by atoms with E-state index in [1.807, 2.05) is 12.1 Å². The minimum Gasteiger partial charge on any atom is -0.369 e. The first kappa shape index (κ1) is 18.6. The number of anilines is 1. The summed E-state index contributed by atoms with van der Waals surface area (Å²) in [6.07, 6.45) is 2.99. The molecule has 0 aliphatic carbocycles. The average Bonchev–Trinajstić information content (AvgIpc) is 3.15. The second kappa shape index (κ2) is 7.44. The average molecular weight is 447 g/mol. The Morgan fingerprint density at radius 2 is 1.97 bits per heavy atom. The zero-order valence-corrected chi connectivity index (χ0v) is 18.1. The first-order valence-corrected chi connectivity index (χ1v) is 11.0. The summed E-state index contributed by atoms with van der Waals surface area (Å²) >= 11 is 3.61. The second-order valence-electron chi connectivity index (χ2n) is 8.36. The zero-order valence-electron chi connectivity index (χ0n) is 16.5. The topological polar surface area (TPSA) is 43.2 Å². The van der Waals surface area contributed by atoms with Crippen molar-refractivity contribution >= 4 is 32.5 Å². The van der Waals surface area contributed by atoms with Gasteiger partial charge in [0.25, 0.3) is 0 Å². The van der Waals surface area contributed by atoms with E-state index in [4.69, 9.17) is 0 Å². The highest BCUT2D eigenvalue weighted by molar-refractivity contribution is 9.10. The quantitative estimate of drug-likeness (QED) is 0.548. The predicted octanol–water partition coefficient (Wildman–Crippen LogP) is 5.10. The molecule has 0 amide bonds. The van der Waals surface area contributed by atoms with Gasteiger partial charge in [0.2, 0.25) is 0 Å². The van der Waals surface area contributed by atoms with E-state index >= 15 is 0 Å². The van der Waals surface area contributed by atoms with Gasteiger partial charge in [-0.1, -0.05) is 28.9 Å². The maximum atomic E-state index is 9.46. The first-order valence-electron chi connectivity index (χ1n) is 10.2. The Labute approximate surface area is 179 Å². The fourth-order valence-electron chi connectivity index (χ4n) is 4.95. The van der Waals surface area contributed by atoms with E-state index in [1.165, 1.54) is 23.2 Å². The van der Waals surface area contributed by atoms with E-state index in [0.29, 0.717) is 17.5 Å². The monoisotopic (exact) mass is 446 g/mol. The third kappa shape index (κ3) is 3.41. The fourth-order valence-corrected chi connectivity index (χ4v) is 5.36. The van der Waals surface area contributed by atoms with E-state index in [-0.39, 0.29) is 0 Å². The van der Waals surface area contributed by atoms with Gasteiger partial charge >= 0.3 is 0 Å². The molecule has 2 aromatic carbocycles. The number of nitrogens with zero attached hydrogens (tertiary/aromatic N) is 4. The molecule has 0 radical (unpaired) electrons. The first-order chi connectivity index (χ1) is 14.1. The fraction of sp³-hybridized carbons (Fsp3) is 0.333. The number of aromatic nitrogens is 1. The number of halogens is 1. The van der Waals surface area contributed by atoms with Crippen LogP contribution in [0.25, 0.3) is 10.9 Å². The molecule has 5 rings (SSSR count). The van der Waals surface area contributed by atoms with Crippen molar-refractivity contribution in [1.29, 1.82) is 5.26 Å². The molecular formula is C24H23BrN4. The third-order valence-corrected chi connectivity index (χ3v) is 6.77. The van der Waals surface area contributed by atoms with Crippen molar-refractivity contribution in [1.82, 2.24) is 9.88 Å². The molecule has 3 heterocycles. The van der Waals surface area contributed by atoms with Crippen LogP contribution in [0.15, 0.2) is 53.1 Å². The van der Waals surface area contributed by atoms with Crippen LogP contribution in [0.5, 0.6) is 0 Å². The Morgan fingerprint density at radius 3 is 2.83 bits per heavy atom. The van der Waals surface area contributed by atoms with Gasteiger partial charge in [-0.3, -0.25) is 9.88 Å². The molecule has 3 aromatic rings. The van der Waals surface area contributed by atoms with Crippen LogP contribution in [0, 0.1) is 17.2 Å². The molecule has 1 aromatic heterocycles. The summed E-state index contributed by atoms with van der Waals surface area (Å²) in [5, 5.41) is 10.5. The summed E-state index contributed by atoms with van der Waals surface area (Å²) in [6, 6.07) is 17.5. The Hall–Kier alpha value is -2.42. The van der Waals surface area contributed by atoms with Crippen LogP contribution in [-0.4, -0.2) is 29.0 Å². The molecule has 4 nitrogen and oxygen atoms in total. The Bertz CT molecular complexity index is 1120. The van der Waals surface area contributed by atoms with Crippen molar-refractivity contribution < 1.29 is 0 Å². The maximum Gasteiger partial charge on any atom is 0.101 e. The molecule has 0 unspecified atom stereocenters. The molecule has 0 spiro atoms. The van der Waals surface area contributed by atoms with E-state index in [2.05, 4.69) is 74.0 Å². The minimum atomic E-state index is 0.521. The van der Waals surface area contributed by atoms with Gasteiger partial charge in [0.05, 0.1) is 11.1 Å². The molecule has 2 aliphatic rings. The van der Waals surface area contributed by atoms with Crippen molar-refractivity contribution in [3.63, 3.8) is 0 Å². The Balaban J connectivity index is 1.45. The summed E-state index contributed by atoms with van der Waals surface area (Å²) in [4.78, 5) is 9.63. The highest BCUT2D eigenvalue weighted by Crippen LogP contribution is 2.35. The lowest BCUT2D eigenvalue weighted by atomic mass is 9.93. The molecule has 0 bridgehead atoms. The zero-order chi connectivity index (χ0) is 20.0. The maximum absolute atomic E-state index is 9.46. The van der Waals surface area contributed by atoms with E-state index < -0.39 is 0 Å². The summed E-state index contributed by atoms with van der Waals surface area (Å²) < 4.78 is 1.16. The number of hydrogen-bond donors (Lipinski definition) is 0. The summed E-state index contributed by atoms with van der Waals surface area (Å²) in [6.45, 7) is 6.45. The SMILES string of the molecule is C[C@H]1C[C@@H](N2Cc3ccc(Br)cc3C2)CN(c2ccc(C#N)c3ncccc23)C1. The van der Waals surface area contributed by atoms with Crippen LogP contribution < -0.4 is 4.90 Å². The van der Waals surface area contributed by atoms with Crippen molar-refractivity contribution in [2.75, 3.05) is 18.0 Å². The summed E-state index contributed by atoms with van der Waals surface area (Å²) in [5.74, 6) is 0.617. The highest BCUT2D eigenvalue weighted by Gasteiger charge is 2.33. The minimum absolute atomic E-state index is 0.521. The molecule has 2 aliphatic heterocycles. The number of pyridine rings is 1. The van der Waals surface area contributed by atoms with Crippen LogP contribution in [0.3, 0.4) is 0 Å². The number of nitriles is 1. The molecule has 1 fully saturated rings. The van der Waals surface area contributed by atoms with Gasteiger partial charge in [-0.25, -0.2) is 0 Å². The van der Waals surface area contributed by atoms with Crippen LogP contribution in [0.4, 0.5) is 5.69 Å². The van der Waals surface area contributed by atoms with Gasteiger partial charge in [0.1, 0.15) is 6.07 Å². The number of piperidine rings is 1. The van der Waals surface area contributed by atoms with Gasteiger partial charge in [-0.15, -0.1) is 0 Å². The molecule has 0 saturated carbocycles. The van der Waals surface area contributed by atoms with Crippen molar-refractivity contribution in [2.45, 2.75) is 32.5 Å². The third-order valence-electron chi connectivity index (χ3n) is 6.28. The number of fused-ring (bicyclic) bond motifs is 2. The molecule has 5 heteroatoms. The summed E-state index contributed by atoms with van der Waals surface area (Å²) in [5.41, 5.74) is 5.54. The lowest BCUT2D eigenvalue weighted by Gasteiger charge is -2.42. The van der Waals surface area contributed by atoms with E-state index in [9.17, 15) is 5.26 Å². The Kier molecular flexibility index (Phi) is 4.77. The smallest absolute Gasteiger partial charge is 0.101 e. The van der Waals surface area contributed by atoms with Gasteiger partial charge in [0, 0.05) is 54.0 Å².